The molecule has 2 saturated heterocycles. The minimum Gasteiger partial charge on any atom is -0.453 e. The second-order valence-corrected chi connectivity index (χ2v) is 14.5. The molecule has 4 atom stereocenters. The number of aliphatic imine (C=N–C) groups is 1. The molecule has 3 N–H and O–H groups in total. The third-order valence-electron chi connectivity index (χ3n) is 11.0. The van der Waals surface area contributed by atoms with Crippen molar-refractivity contribution in [3.63, 3.8) is 0 Å². The molecule has 4 heterocycles. The van der Waals surface area contributed by atoms with E-state index in [9.17, 15) is 24.0 Å². The first-order chi connectivity index (χ1) is 28.7. The fourth-order valence-corrected chi connectivity index (χ4v) is 8.05. The van der Waals surface area contributed by atoms with Crippen LogP contribution in [0.4, 0.5) is 9.59 Å². The van der Waals surface area contributed by atoms with Gasteiger partial charge in [-0.1, -0.05) is 60.7 Å². The van der Waals surface area contributed by atoms with Crippen LogP contribution in [0.1, 0.15) is 88.4 Å². The maximum atomic E-state index is 14.0. The number of aromatic nitrogens is 4. The molecule has 1 unspecified atom stereocenters. The summed E-state index contributed by atoms with van der Waals surface area (Å²) in [6.07, 6.45) is 2.71. The maximum Gasteiger partial charge on any atom is 0.432 e. The molecule has 0 saturated carbocycles. The van der Waals surface area contributed by atoms with E-state index in [1.807, 2.05) is 48.5 Å². The van der Waals surface area contributed by atoms with E-state index >= 15 is 0 Å². The molecular weight excluding hydrogens is 753 g/mol. The molecule has 8 rings (SSSR count). The van der Waals surface area contributed by atoms with Crippen LogP contribution in [-0.2, 0) is 19.1 Å². The smallest absolute Gasteiger partial charge is 0.432 e. The molecule has 0 spiro atoms. The number of nitrogens with one attached hydrogen (secondary N) is 3. The Morgan fingerprint density at radius 3 is 1.76 bits per heavy atom. The van der Waals surface area contributed by atoms with Gasteiger partial charge < -0.3 is 34.6 Å². The molecule has 2 aliphatic heterocycles. The zero-order valence-electron chi connectivity index (χ0n) is 32.5. The SMILES string of the molecule is COC(=O)/N=C/C(C(=O)N1CCC[C@H]1c1nc2ccc(C(=O)c3ccc4nc([C@@H]5CCCN5C(=O)[C@H](NC(=O)OC)c5ccccc5)[nH]c4c3)cc2[nH]1)c1ccccc1. The molecule has 59 heavy (non-hydrogen) atoms. The number of amides is 4. The van der Waals surface area contributed by atoms with Crippen molar-refractivity contribution in [2.75, 3.05) is 27.3 Å². The van der Waals surface area contributed by atoms with Gasteiger partial charge in [-0.05, 0) is 73.2 Å². The average molecular weight is 795 g/mol. The van der Waals surface area contributed by atoms with Crippen LogP contribution in [-0.4, -0.2) is 93.0 Å². The van der Waals surface area contributed by atoms with E-state index in [-0.39, 0.29) is 29.7 Å². The van der Waals surface area contributed by atoms with Crippen LogP contribution in [0.25, 0.3) is 22.1 Å². The molecule has 0 aliphatic carbocycles. The number of H-pyrrole nitrogens is 2. The predicted molar refractivity (Wildman–Crippen MR) is 218 cm³/mol. The van der Waals surface area contributed by atoms with Gasteiger partial charge in [0.25, 0.3) is 5.91 Å². The van der Waals surface area contributed by atoms with Crippen LogP contribution < -0.4 is 5.32 Å². The van der Waals surface area contributed by atoms with Crippen LogP contribution in [0, 0.1) is 0 Å². The third kappa shape index (κ3) is 7.91. The predicted octanol–water partition coefficient (Wildman–Crippen LogP) is 6.72. The Balaban J connectivity index is 1.01. The first-order valence-electron chi connectivity index (χ1n) is 19.4. The number of carbonyl (C=O) groups is 5. The number of alkyl carbamates (subject to hydrolysis) is 1. The number of ketones is 1. The van der Waals surface area contributed by atoms with E-state index in [0.717, 1.165) is 12.8 Å². The first-order valence-corrected chi connectivity index (χ1v) is 19.4. The number of hydrogen-bond donors (Lipinski definition) is 3. The van der Waals surface area contributed by atoms with Gasteiger partial charge in [0, 0.05) is 30.4 Å². The number of aromatic amines is 2. The lowest BCUT2D eigenvalue weighted by molar-refractivity contribution is -0.134. The number of nitrogens with zero attached hydrogens (tertiary/aromatic N) is 5. The number of carbonyl (C=O) groups excluding carboxylic acids is 5. The number of benzene rings is 4. The summed E-state index contributed by atoms with van der Waals surface area (Å²) in [4.78, 5) is 89.8. The molecule has 2 fully saturated rings. The van der Waals surface area contributed by atoms with Crippen molar-refractivity contribution in [1.29, 1.82) is 0 Å². The van der Waals surface area contributed by atoms with Crippen LogP contribution in [0.5, 0.6) is 0 Å². The van der Waals surface area contributed by atoms with Crippen molar-refractivity contribution in [3.05, 3.63) is 131 Å². The summed E-state index contributed by atoms with van der Waals surface area (Å²) < 4.78 is 9.49. The second-order valence-electron chi connectivity index (χ2n) is 14.5. The molecule has 300 valence electrons. The Morgan fingerprint density at radius 2 is 1.24 bits per heavy atom. The van der Waals surface area contributed by atoms with E-state index in [1.165, 1.54) is 20.4 Å². The van der Waals surface area contributed by atoms with E-state index < -0.39 is 24.1 Å². The quantitative estimate of drug-likeness (QED) is 0.0998. The minimum absolute atomic E-state index is 0.202. The number of ether oxygens (including phenoxy) is 2. The standard InChI is InChI=1S/C44H42N8O7/c1-58-43(56)45-25-30(26-11-5-3-6-12-26)41(54)51-21-9-15-35(51)39-46-31-19-17-28(23-33(31)48-39)38(53)29-18-20-32-34(24-29)49-40(47-32)36-16-10-22-52(36)42(55)37(50-44(57)59-2)27-13-7-4-8-14-27/h3-8,11-14,17-20,23-25,30,35-37H,9-10,15-16,21-22H2,1-2H3,(H,46,48)(H,47,49)(H,50,57)/b45-25+/t30?,35-,36-,37+/m0/s1. The normalized spacial score (nSPS) is 17.7. The second kappa shape index (κ2) is 16.7. The van der Waals surface area contributed by atoms with Gasteiger partial charge in [0.1, 0.15) is 17.7 Å². The van der Waals surface area contributed by atoms with E-state index in [4.69, 9.17) is 14.7 Å². The van der Waals surface area contributed by atoms with E-state index in [1.54, 1.807) is 58.3 Å². The van der Waals surface area contributed by atoms with Crippen molar-refractivity contribution >= 4 is 58.1 Å². The minimum atomic E-state index is -0.938. The molecule has 4 amide bonds. The number of methoxy groups -OCH3 is 2. The number of hydrogen-bond acceptors (Lipinski definition) is 9. The Morgan fingerprint density at radius 1 is 0.712 bits per heavy atom. The lowest BCUT2D eigenvalue weighted by atomic mass is 9.98. The Kier molecular flexibility index (Phi) is 11.0. The summed E-state index contributed by atoms with van der Waals surface area (Å²) >= 11 is 0. The third-order valence-corrected chi connectivity index (χ3v) is 11.0. The maximum absolute atomic E-state index is 14.0. The van der Waals surface area contributed by atoms with Crippen LogP contribution >= 0.6 is 0 Å². The van der Waals surface area contributed by atoms with Crippen LogP contribution in [0.15, 0.2) is 102 Å². The monoisotopic (exact) mass is 794 g/mol. The highest BCUT2D eigenvalue weighted by Crippen LogP contribution is 2.36. The fourth-order valence-electron chi connectivity index (χ4n) is 8.05. The van der Waals surface area contributed by atoms with Crippen molar-refractivity contribution in [1.82, 2.24) is 35.1 Å². The molecule has 0 bridgehead atoms. The summed E-state index contributed by atoms with van der Waals surface area (Å²) in [5, 5.41) is 2.69. The van der Waals surface area contributed by atoms with Gasteiger partial charge in [-0.3, -0.25) is 14.4 Å². The molecule has 0 radical (unpaired) electrons. The van der Waals surface area contributed by atoms with Gasteiger partial charge >= 0.3 is 12.2 Å². The van der Waals surface area contributed by atoms with Crippen molar-refractivity contribution in [2.24, 2.45) is 4.99 Å². The Labute approximate surface area is 338 Å². The van der Waals surface area contributed by atoms with Gasteiger partial charge in [0.05, 0.1) is 54.3 Å². The summed E-state index contributed by atoms with van der Waals surface area (Å²) in [6, 6.07) is 27.1. The zero-order chi connectivity index (χ0) is 41.0. The molecule has 6 aromatic rings. The average Bonchev–Trinajstić information content (AvgIpc) is 4.11. The molecule has 4 aromatic carbocycles. The zero-order valence-corrected chi connectivity index (χ0v) is 32.5. The van der Waals surface area contributed by atoms with Crippen molar-refractivity contribution in [3.8, 4) is 0 Å². The Bertz CT molecular complexity index is 2570. The molecule has 2 aliphatic rings. The van der Waals surface area contributed by atoms with E-state index in [2.05, 4.69) is 25.0 Å². The lowest BCUT2D eigenvalue weighted by Gasteiger charge is -2.28. The van der Waals surface area contributed by atoms with Crippen molar-refractivity contribution in [2.45, 2.75) is 49.7 Å². The molecule has 15 heteroatoms. The van der Waals surface area contributed by atoms with Crippen molar-refractivity contribution < 1.29 is 33.4 Å². The molecule has 2 aromatic heterocycles. The summed E-state index contributed by atoms with van der Waals surface area (Å²) in [7, 11) is 2.49. The number of likely N-dealkylation sites (tertiary alicyclic amines) is 2. The topological polar surface area (TPSA) is 192 Å². The summed E-state index contributed by atoms with van der Waals surface area (Å²) in [5.74, 6) is -0.279. The van der Waals surface area contributed by atoms with Gasteiger partial charge in [-0.25, -0.2) is 19.6 Å². The Hall–Kier alpha value is -7.16. The molecular formula is C44H42N8O7. The van der Waals surface area contributed by atoms with Gasteiger partial charge in [-0.2, -0.15) is 4.99 Å². The van der Waals surface area contributed by atoms with Gasteiger partial charge in [0.2, 0.25) is 5.91 Å². The summed E-state index contributed by atoms with van der Waals surface area (Å²) in [5.41, 5.74) is 4.85. The highest BCUT2D eigenvalue weighted by atomic mass is 16.5. The first kappa shape index (κ1) is 38.7. The fraction of sp³-hybridized carbons (Fsp3) is 0.273. The highest BCUT2D eigenvalue weighted by Gasteiger charge is 2.38. The van der Waals surface area contributed by atoms with E-state index in [0.29, 0.717) is 81.9 Å². The van der Waals surface area contributed by atoms with Crippen LogP contribution in [0.2, 0.25) is 0 Å². The van der Waals surface area contributed by atoms with Crippen LogP contribution in [0.3, 0.4) is 0 Å². The van der Waals surface area contributed by atoms with Gasteiger partial charge in [0.15, 0.2) is 5.78 Å². The van der Waals surface area contributed by atoms with Gasteiger partial charge in [-0.15, -0.1) is 0 Å². The largest absolute Gasteiger partial charge is 0.453 e. The highest BCUT2D eigenvalue weighted by molar-refractivity contribution is 6.11. The number of rotatable bonds is 10. The lowest BCUT2D eigenvalue weighted by Crippen LogP contribution is -2.42. The number of fused-ring (bicyclic) bond motifs is 2. The number of imidazole rings is 2. The molecule has 15 nitrogen and oxygen atoms in total. The summed E-state index contributed by atoms with van der Waals surface area (Å²) in [6.45, 7) is 0.997.